The molecule has 1 aliphatic rings. The molecule has 1 heterocycles. The molecule has 2 amide bonds. The number of hydrogen-bond acceptors (Lipinski definition) is 3. The Kier molecular flexibility index (Phi) is 4.00. The minimum atomic E-state index is -0.0989. The maximum Gasteiger partial charge on any atom is 0.234 e. The van der Waals surface area contributed by atoms with Gasteiger partial charge in [0.25, 0.3) is 0 Å². The van der Waals surface area contributed by atoms with Gasteiger partial charge in [0, 0.05) is 18.9 Å². The molecule has 1 aliphatic heterocycles. The molecule has 1 saturated heterocycles. The molecule has 2 rings (SSSR count). The van der Waals surface area contributed by atoms with E-state index in [0.717, 1.165) is 5.56 Å². The molecule has 1 fully saturated rings. The lowest BCUT2D eigenvalue weighted by Crippen LogP contribution is -2.42. The van der Waals surface area contributed by atoms with E-state index in [4.69, 9.17) is 0 Å². The molecule has 1 aromatic carbocycles. The fraction of sp³-hybridized carbons (Fsp3) is 0.467. The van der Waals surface area contributed by atoms with E-state index >= 15 is 0 Å². The third-order valence-corrected chi connectivity index (χ3v) is 3.63. The normalized spacial score (nSPS) is 18.8. The Bertz CT molecular complexity index is 463. The number of anilines is 1. The number of nitrogens with zero attached hydrogens (tertiary/aromatic N) is 1. The molecule has 4 heteroatoms. The van der Waals surface area contributed by atoms with Gasteiger partial charge in [-0.2, -0.15) is 0 Å². The van der Waals surface area contributed by atoms with Crippen molar-refractivity contribution in [2.75, 3.05) is 11.9 Å². The zero-order chi connectivity index (χ0) is 14.0. The topological polar surface area (TPSA) is 49.4 Å². The molecule has 1 aromatic rings. The minimum absolute atomic E-state index is 0.0989. The summed E-state index contributed by atoms with van der Waals surface area (Å²) >= 11 is 0. The van der Waals surface area contributed by atoms with E-state index in [2.05, 4.69) is 12.2 Å². The third kappa shape index (κ3) is 2.84. The number of hydrogen-bond donors (Lipinski definition) is 1. The Hall–Kier alpha value is -1.68. The summed E-state index contributed by atoms with van der Waals surface area (Å²) in [4.78, 5) is 25.3. The second kappa shape index (κ2) is 5.53. The fourth-order valence-corrected chi connectivity index (χ4v) is 2.36. The minimum Gasteiger partial charge on any atom is -0.313 e. The first-order valence-electron chi connectivity index (χ1n) is 6.66. The number of carbonyl (C=O) groups excluding carboxylic acids is 2. The standard InChI is InChI=1S/C15H20N2O2/c1-10-8-14(18)17(15(19)9-10)13-6-4-12(5-7-13)11(2)16-3/h4-7,10-11,16H,8-9H2,1-3H3. The van der Waals surface area contributed by atoms with Gasteiger partial charge in [0.05, 0.1) is 5.69 Å². The second-order valence-corrected chi connectivity index (χ2v) is 5.24. The van der Waals surface area contributed by atoms with Gasteiger partial charge in [-0.25, -0.2) is 0 Å². The number of amides is 2. The van der Waals surface area contributed by atoms with E-state index in [1.54, 1.807) is 0 Å². The molecular weight excluding hydrogens is 240 g/mol. The predicted molar refractivity (Wildman–Crippen MR) is 74.8 cm³/mol. The van der Waals surface area contributed by atoms with E-state index in [1.807, 2.05) is 38.2 Å². The monoisotopic (exact) mass is 260 g/mol. The van der Waals surface area contributed by atoms with Crippen molar-refractivity contribution in [2.24, 2.45) is 5.92 Å². The fourth-order valence-electron chi connectivity index (χ4n) is 2.36. The highest BCUT2D eigenvalue weighted by Gasteiger charge is 2.31. The van der Waals surface area contributed by atoms with Crippen LogP contribution in [0.3, 0.4) is 0 Å². The van der Waals surface area contributed by atoms with Crippen molar-refractivity contribution in [3.63, 3.8) is 0 Å². The molecule has 4 nitrogen and oxygen atoms in total. The summed E-state index contributed by atoms with van der Waals surface area (Å²) in [5, 5.41) is 3.16. The molecular formula is C15H20N2O2. The number of piperidine rings is 1. The highest BCUT2D eigenvalue weighted by atomic mass is 16.2. The van der Waals surface area contributed by atoms with Crippen molar-refractivity contribution in [2.45, 2.75) is 32.7 Å². The number of imide groups is 1. The van der Waals surface area contributed by atoms with Gasteiger partial charge in [0.1, 0.15) is 0 Å². The van der Waals surface area contributed by atoms with Gasteiger partial charge in [0.15, 0.2) is 0 Å². The van der Waals surface area contributed by atoms with Gasteiger partial charge >= 0.3 is 0 Å². The highest BCUT2D eigenvalue weighted by molar-refractivity contribution is 6.16. The zero-order valence-corrected chi connectivity index (χ0v) is 11.6. The van der Waals surface area contributed by atoms with Crippen molar-refractivity contribution >= 4 is 17.5 Å². The van der Waals surface area contributed by atoms with Crippen LogP contribution in [0.4, 0.5) is 5.69 Å². The summed E-state index contributed by atoms with van der Waals surface area (Å²) in [6.07, 6.45) is 0.890. The first-order valence-corrected chi connectivity index (χ1v) is 6.66. The van der Waals surface area contributed by atoms with Crippen LogP contribution in [0.25, 0.3) is 0 Å². The molecule has 102 valence electrons. The third-order valence-electron chi connectivity index (χ3n) is 3.63. The average Bonchev–Trinajstić information content (AvgIpc) is 2.37. The molecule has 1 N–H and O–H groups in total. The van der Waals surface area contributed by atoms with Crippen molar-refractivity contribution in [3.05, 3.63) is 29.8 Å². The second-order valence-electron chi connectivity index (χ2n) is 5.24. The van der Waals surface area contributed by atoms with Gasteiger partial charge < -0.3 is 5.32 Å². The van der Waals surface area contributed by atoms with Gasteiger partial charge in [-0.05, 0) is 37.6 Å². The first-order chi connectivity index (χ1) is 9.02. The molecule has 0 spiro atoms. The lowest BCUT2D eigenvalue weighted by molar-refractivity contribution is -0.130. The van der Waals surface area contributed by atoms with E-state index in [1.165, 1.54) is 4.90 Å². The van der Waals surface area contributed by atoms with Gasteiger partial charge in [-0.15, -0.1) is 0 Å². The van der Waals surface area contributed by atoms with Crippen molar-refractivity contribution in [1.82, 2.24) is 5.32 Å². The Balaban J connectivity index is 2.22. The van der Waals surface area contributed by atoms with E-state index in [-0.39, 0.29) is 23.8 Å². The highest BCUT2D eigenvalue weighted by Crippen LogP contribution is 2.26. The van der Waals surface area contributed by atoms with Crippen LogP contribution < -0.4 is 10.2 Å². The van der Waals surface area contributed by atoms with E-state index in [0.29, 0.717) is 18.5 Å². The molecule has 19 heavy (non-hydrogen) atoms. The largest absolute Gasteiger partial charge is 0.313 e. The van der Waals surface area contributed by atoms with Crippen LogP contribution in [0.5, 0.6) is 0 Å². The van der Waals surface area contributed by atoms with Gasteiger partial charge in [0.2, 0.25) is 11.8 Å². The summed E-state index contributed by atoms with van der Waals surface area (Å²) in [5.41, 5.74) is 1.81. The van der Waals surface area contributed by atoms with Crippen molar-refractivity contribution < 1.29 is 9.59 Å². The summed E-state index contributed by atoms with van der Waals surface area (Å²) in [6, 6.07) is 7.84. The Morgan fingerprint density at radius 3 is 2.16 bits per heavy atom. The zero-order valence-electron chi connectivity index (χ0n) is 11.6. The van der Waals surface area contributed by atoms with E-state index in [9.17, 15) is 9.59 Å². The SMILES string of the molecule is CNC(C)c1ccc(N2C(=O)CC(C)CC2=O)cc1. The van der Waals surface area contributed by atoms with Crippen LogP contribution in [-0.4, -0.2) is 18.9 Å². The number of rotatable bonds is 3. The summed E-state index contributed by atoms with van der Waals surface area (Å²) in [6.45, 7) is 4.00. The number of benzene rings is 1. The Morgan fingerprint density at radius 2 is 1.68 bits per heavy atom. The summed E-state index contributed by atoms with van der Waals surface area (Å²) in [7, 11) is 1.90. The van der Waals surface area contributed by atoms with E-state index < -0.39 is 0 Å². The molecule has 0 aliphatic carbocycles. The smallest absolute Gasteiger partial charge is 0.234 e. The van der Waals surface area contributed by atoms with Gasteiger partial charge in [-0.1, -0.05) is 19.1 Å². The number of carbonyl (C=O) groups is 2. The lowest BCUT2D eigenvalue weighted by Gasteiger charge is -2.28. The van der Waals surface area contributed by atoms with Crippen molar-refractivity contribution in [1.29, 1.82) is 0 Å². The maximum absolute atomic E-state index is 12.0. The first kappa shape index (κ1) is 13.7. The van der Waals surface area contributed by atoms with Crippen LogP contribution in [-0.2, 0) is 9.59 Å². The van der Waals surface area contributed by atoms with Crippen LogP contribution in [0.2, 0.25) is 0 Å². The molecule has 0 bridgehead atoms. The molecule has 0 aromatic heterocycles. The Morgan fingerprint density at radius 1 is 1.16 bits per heavy atom. The van der Waals surface area contributed by atoms with Crippen molar-refractivity contribution in [3.8, 4) is 0 Å². The molecule has 0 radical (unpaired) electrons. The number of nitrogens with one attached hydrogen (secondary N) is 1. The molecule has 1 unspecified atom stereocenters. The average molecular weight is 260 g/mol. The Labute approximate surface area is 113 Å². The summed E-state index contributed by atoms with van der Waals surface area (Å²) < 4.78 is 0. The maximum atomic E-state index is 12.0. The van der Waals surface area contributed by atoms with Crippen LogP contribution in [0.1, 0.15) is 38.3 Å². The van der Waals surface area contributed by atoms with Crippen LogP contribution in [0.15, 0.2) is 24.3 Å². The van der Waals surface area contributed by atoms with Gasteiger partial charge in [-0.3, -0.25) is 14.5 Å². The quantitative estimate of drug-likeness (QED) is 0.848. The predicted octanol–water partition coefficient (Wildman–Crippen LogP) is 2.26. The van der Waals surface area contributed by atoms with Crippen LogP contribution in [0, 0.1) is 5.92 Å². The van der Waals surface area contributed by atoms with Crippen LogP contribution >= 0.6 is 0 Å². The summed E-state index contributed by atoms with van der Waals surface area (Å²) in [5.74, 6) is -0.0452. The molecule has 1 atom stereocenters. The molecule has 0 saturated carbocycles. The lowest BCUT2D eigenvalue weighted by atomic mass is 9.97.